The maximum Gasteiger partial charge on any atom is 0.326 e. The van der Waals surface area contributed by atoms with Gasteiger partial charge < -0.3 is 15.4 Å². The van der Waals surface area contributed by atoms with Gasteiger partial charge in [-0.3, -0.25) is 14.4 Å². The van der Waals surface area contributed by atoms with Crippen molar-refractivity contribution in [3.05, 3.63) is 35.6 Å². The Morgan fingerprint density at radius 2 is 2.00 bits per heavy atom. The topological polar surface area (TPSA) is 84.5 Å². The van der Waals surface area contributed by atoms with Crippen LogP contribution in [0, 0.1) is 11.7 Å². The van der Waals surface area contributed by atoms with E-state index in [4.69, 9.17) is 4.74 Å². The molecule has 1 saturated carbocycles. The molecule has 2 N–H and O–H groups in total. The summed E-state index contributed by atoms with van der Waals surface area (Å²) in [5.41, 5.74) is 0.106. The highest BCUT2D eigenvalue weighted by Crippen LogP contribution is 2.23. The van der Waals surface area contributed by atoms with Gasteiger partial charge in [0.1, 0.15) is 12.4 Å². The average Bonchev–Trinajstić information content (AvgIpc) is 2.61. The Balaban J connectivity index is 1.75. The lowest BCUT2D eigenvalue weighted by Gasteiger charge is -2.30. The third-order valence-corrected chi connectivity index (χ3v) is 4.60. The number of amides is 2. The Labute approximate surface area is 152 Å². The van der Waals surface area contributed by atoms with E-state index < -0.39 is 30.3 Å². The number of hydrogen-bond donors (Lipinski definition) is 2. The number of carbonyl (C=O) groups is 3. The lowest BCUT2D eigenvalue weighted by atomic mass is 9.86. The highest BCUT2D eigenvalue weighted by atomic mass is 19.1. The van der Waals surface area contributed by atoms with Crippen molar-refractivity contribution >= 4 is 17.8 Å². The molecule has 1 aliphatic rings. The minimum atomic E-state index is -0.942. The lowest BCUT2D eigenvalue weighted by Crippen LogP contribution is -2.46. The van der Waals surface area contributed by atoms with Crippen molar-refractivity contribution < 1.29 is 23.5 Å². The first-order chi connectivity index (χ1) is 12.4. The van der Waals surface area contributed by atoms with Crippen LogP contribution in [0.4, 0.5) is 4.39 Å². The van der Waals surface area contributed by atoms with Crippen LogP contribution in [0.3, 0.4) is 0 Å². The third-order valence-electron chi connectivity index (χ3n) is 4.60. The summed E-state index contributed by atoms with van der Waals surface area (Å²) in [5.74, 6) is -1.79. The largest absolute Gasteiger partial charge is 0.451 e. The summed E-state index contributed by atoms with van der Waals surface area (Å²) >= 11 is 0. The number of carbonyl (C=O) groups excluding carboxylic acids is 3. The molecule has 0 unspecified atom stereocenters. The fourth-order valence-electron chi connectivity index (χ4n) is 3.01. The molecule has 1 aliphatic carbocycles. The van der Waals surface area contributed by atoms with Gasteiger partial charge in [-0.05, 0) is 43.9 Å². The minimum absolute atomic E-state index is 0.102. The zero-order valence-corrected chi connectivity index (χ0v) is 15.1. The first-order valence-electron chi connectivity index (χ1n) is 8.90. The molecular weight excluding hydrogens is 339 g/mol. The second kappa shape index (κ2) is 9.31. The van der Waals surface area contributed by atoms with Crippen LogP contribution in [0.25, 0.3) is 0 Å². The second-order valence-electron chi connectivity index (χ2n) is 6.70. The van der Waals surface area contributed by atoms with Gasteiger partial charge in [-0.1, -0.05) is 25.8 Å². The molecule has 0 heterocycles. The van der Waals surface area contributed by atoms with Crippen LogP contribution in [-0.2, 0) is 14.3 Å². The molecule has 0 saturated heterocycles. The maximum absolute atomic E-state index is 13.1. The van der Waals surface area contributed by atoms with E-state index in [2.05, 4.69) is 17.6 Å². The second-order valence-corrected chi connectivity index (χ2v) is 6.70. The Bertz CT molecular complexity index is 665. The van der Waals surface area contributed by atoms with Gasteiger partial charge in [0.2, 0.25) is 0 Å². The molecule has 1 aromatic rings. The number of hydrogen-bond acceptors (Lipinski definition) is 4. The monoisotopic (exact) mass is 364 g/mol. The van der Waals surface area contributed by atoms with E-state index in [1.807, 2.05) is 0 Å². The summed E-state index contributed by atoms with van der Waals surface area (Å²) in [5, 5.41) is 5.27. The van der Waals surface area contributed by atoms with Crippen LogP contribution < -0.4 is 10.6 Å². The number of ether oxygens (including phenoxy) is 1. The number of benzene rings is 1. The highest BCUT2D eigenvalue weighted by Gasteiger charge is 2.26. The number of halogens is 1. The van der Waals surface area contributed by atoms with Crippen molar-refractivity contribution in [1.82, 2.24) is 10.6 Å². The maximum atomic E-state index is 13.1. The molecular formula is C19H25FN2O4. The molecule has 0 spiro atoms. The molecule has 26 heavy (non-hydrogen) atoms. The van der Waals surface area contributed by atoms with Crippen LogP contribution in [0.1, 0.15) is 49.9 Å². The first kappa shape index (κ1) is 19.9. The van der Waals surface area contributed by atoms with E-state index in [0.29, 0.717) is 5.92 Å². The normalized spacial score (nSPS) is 20.7. The van der Waals surface area contributed by atoms with Gasteiger partial charge in [0.15, 0.2) is 6.10 Å². The zero-order chi connectivity index (χ0) is 19.1. The van der Waals surface area contributed by atoms with E-state index in [1.54, 1.807) is 0 Å². The fraction of sp³-hybridized carbons (Fsp3) is 0.526. The number of rotatable bonds is 6. The molecule has 1 fully saturated rings. The molecule has 0 radical (unpaired) electrons. The summed E-state index contributed by atoms with van der Waals surface area (Å²) in [6, 6.07) is 5.23. The van der Waals surface area contributed by atoms with Crippen molar-refractivity contribution in [3.8, 4) is 0 Å². The van der Waals surface area contributed by atoms with Gasteiger partial charge in [0.05, 0.1) is 0 Å². The minimum Gasteiger partial charge on any atom is -0.451 e. The van der Waals surface area contributed by atoms with Gasteiger partial charge in [0, 0.05) is 11.6 Å². The summed E-state index contributed by atoms with van der Waals surface area (Å²) < 4.78 is 18.2. The van der Waals surface area contributed by atoms with Gasteiger partial charge in [0.25, 0.3) is 11.8 Å². The molecule has 2 rings (SSSR count). The Morgan fingerprint density at radius 1 is 1.27 bits per heavy atom. The van der Waals surface area contributed by atoms with Gasteiger partial charge in [-0.2, -0.15) is 0 Å². The summed E-state index contributed by atoms with van der Waals surface area (Å²) in [6.45, 7) is 3.20. The number of nitrogens with one attached hydrogen (secondary N) is 2. The lowest BCUT2D eigenvalue weighted by molar-refractivity contribution is -0.154. The number of esters is 1. The van der Waals surface area contributed by atoms with E-state index >= 15 is 0 Å². The molecule has 7 heteroatoms. The van der Waals surface area contributed by atoms with Crippen LogP contribution in [0.2, 0.25) is 0 Å². The molecule has 2 amide bonds. The van der Waals surface area contributed by atoms with Crippen LogP contribution in [0.15, 0.2) is 24.3 Å². The third kappa shape index (κ3) is 5.82. The van der Waals surface area contributed by atoms with Gasteiger partial charge in [-0.15, -0.1) is 0 Å². The van der Waals surface area contributed by atoms with Crippen molar-refractivity contribution in [1.29, 1.82) is 0 Å². The predicted octanol–water partition coefficient (Wildman–Crippen LogP) is 2.18. The fourth-order valence-corrected chi connectivity index (χ4v) is 3.01. The van der Waals surface area contributed by atoms with Crippen LogP contribution in [0.5, 0.6) is 0 Å². The molecule has 0 aliphatic heterocycles. The predicted molar refractivity (Wildman–Crippen MR) is 93.8 cm³/mol. The molecule has 6 nitrogen and oxygen atoms in total. The van der Waals surface area contributed by atoms with Crippen LogP contribution in [-0.4, -0.2) is 36.5 Å². The quantitative estimate of drug-likeness (QED) is 0.758. The van der Waals surface area contributed by atoms with Crippen molar-refractivity contribution in [2.45, 2.75) is 51.7 Å². The Kier molecular flexibility index (Phi) is 7.12. The molecule has 0 bridgehead atoms. The summed E-state index contributed by atoms with van der Waals surface area (Å²) in [4.78, 5) is 35.9. The smallest absolute Gasteiger partial charge is 0.326 e. The highest BCUT2D eigenvalue weighted by molar-refractivity contribution is 5.96. The average molecular weight is 364 g/mol. The molecule has 3 atom stereocenters. The summed E-state index contributed by atoms with van der Waals surface area (Å²) in [7, 11) is 0. The van der Waals surface area contributed by atoms with Gasteiger partial charge in [-0.25, -0.2) is 4.39 Å². The van der Waals surface area contributed by atoms with Crippen molar-refractivity contribution in [2.24, 2.45) is 5.92 Å². The molecule has 0 aromatic heterocycles. The van der Waals surface area contributed by atoms with E-state index in [0.717, 1.165) is 25.3 Å². The standard InChI is InChI=1S/C19H25FN2O4/c1-12-6-3-4-9-16(12)22-18(24)13(2)26-17(23)11-21-19(25)14-7-5-8-15(20)10-14/h5,7-8,10,12-13,16H,3-4,6,9,11H2,1-2H3,(H,21,25)(H,22,24)/t12-,13+,16+/m0/s1. The van der Waals surface area contributed by atoms with E-state index in [-0.39, 0.29) is 17.5 Å². The van der Waals surface area contributed by atoms with E-state index in [9.17, 15) is 18.8 Å². The SMILES string of the molecule is C[C@@H](OC(=O)CNC(=O)c1cccc(F)c1)C(=O)N[C@@H]1CCCC[C@@H]1C. The Morgan fingerprint density at radius 3 is 2.69 bits per heavy atom. The van der Waals surface area contributed by atoms with E-state index in [1.165, 1.54) is 31.5 Å². The van der Waals surface area contributed by atoms with Gasteiger partial charge >= 0.3 is 5.97 Å². The van der Waals surface area contributed by atoms with Crippen molar-refractivity contribution in [2.75, 3.05) is 6.54 Å². The zero-order valence-electron chi connectivity index (χ0n) is 15.1. The summed E-state index contributed by atoms with van der Waals surface area (Å²) in [6.07, 6.45) is 3.31. The molecule has 142 valence electrons. The van der Waals surface area contributed by atoms with Crippen LogP contribution >= 0.6 is 0 Å². The molecule has 1 aromatic carbocycles. The first-order valence-corrected chi connectivity index (χ1v) is 8.90. The van der Waals surface area contributed by atoms with Crippen molar-refractivity contribution in [3.63, 3.8) is 0 Å². The Hall–Kier alpha value is -2.44.